The van der Waals surface area contributed by atoms with Crippen LogP contribution in [0, 0.1) is 5.82 Å². The average molecular weight is 344 g/mol. The number of benzene rings is 1. The molecule has 1 aromatic carbocycles. The average Bonchev–Trinajstić information content (AvgIpc) is 2.46. The van der Waals surface area contributed by atoms with Crippen LogP contribution in [0.3, 0.4) is 0 Å². The van der Waals surface area contributed by atoms with Gasteiger partial charge in [0.1, 0.15) is 11.9 Å². The molecular formula is C13H15BrFN3O2. The Morgan fingerprint density at radius 3 is 2.90 bits per heavy atom. The molecule has 1 atom stereocenters. The van der Waals surface area contributed by atoms with Crippen LogP contribution in [0.2, 0.25) is 0 Å². The second kappa shape index (κ2) is 6.32. The van der Waals surface area contributed by atoms with E-state index in [0.717, 1.165) is 0 Å². The molecule has 0 aliphatic carbocycles. The molecule has 1 saturated heterocycles. The number of nitrogens with one attached hydrogen (secondary N) is 2. The molecule has 2 N–H and O–H groups in total. The first kappa shape index (κ1) is 14.9. The lowest BCUT2D eigenvalue weighted by atomic mass is 10.1. The predicted molar refractivity (Wildman–Crippen MR) is 75.9 cm³/mol. The van der Waals surface area contributed by atoms with Crippen LogP contribution < -0.4 is 10.6 Å². The zero-order chi connectivity index (χ0) is 14.7. The molecule has 5 nitrogen and oxygen atoms in total. The topological polar surface area (TPSA) is 61.4 Å². The van der Waals surface area contributed by atoms with E-state index in [4.69, 9.17) is 0 Å². The summed E-state index contributed by atoms with van der Waals surface area (Å²) in [6.07, 6.45) is 0. The van der Waals surface area contributed by atoms with Gasteiger partial charge >= 0.3 is 0 Å². The van der Waals surface area contributed by atoms with Crippen LogP contribution in [0.4, 0.5) is 4.39 Å². The summed E-state index contributed by atoms with van der Waals surface area (Å²) in [5.74, 6) is -0.924. The molecule has 1 heterocycles. The molecule has 108 valence electrons. The number of halogens is 2. The number of hydrogen-bond donors (Lipinski definition) is 2. The van der Waals surface area contributed by atoms with Gasteiger partial charge in [0.25, 0.3) is 5.91 Å². The fourth-order valence-electron chi connectivity index (χ4n) is 2.17. The molecular weight excluding hydrogens is 329 g/mol. The number of amides is 2. The summed E-state index contributed by atoms with van der Waals surface area (Å²) in [6, 6.07) is 3.34. The van der Waals surface area contributed by atoms with Crippen molar-refractivity contribution in [3.8, 4) is 0 Å². The Kier molecular flexibility index (Phi) is 4.72. The molecule has 1 fully saturated rings. The van der Waals surface area contributed by atoms with Crippen molar-refractivity contribution in [3.05, 3.63) is 34.1 Å². The molecule has 0 bridgehead atoms. The van der Waals surface area contributed by atoms with Gasteiger partial charge in [-0.3, -0.25) is 9.59 Å². The standard InChI is InChI=1S/C13H15BrFN3O2/c1-16-12(19)11-7-17-4-5-18(11)13(20)9-3-2-8(15)6-10(9)14/h2-3,6,11,17H,4-5,7H2,1H3,(H,16,19). The molecule has 2 rings (SSSR count). The Morgan fingerprint density at radius 1 is 1.50 bits per heavy atom. The van der Waals surface area contributed by atoms with Crippen LogP contribution in [-0.4, -0.2) is 49.4 Å². The Morgan fingerprint density at radius 2 is 2.25 bits per heavy atom. The summed E-state index contributed by atoms with van der Waals surface area (Å²) in [7, 11) is 1.54. The Hall–Kier alpha value is -1.47. The molecule has 1 aliphatic rings. The van der Waals surface area contributed by atoms with Crippen LogP contribution in [-0.2, 0) is 4.79 Å². The lowest BCUT2D eigenvalue weighted by molar-refractivity contribution is -0.125. The molecule has 2 amide bonds. The maximum Gasteiger partial charge on any atom is 0.255 e. The molecule has 0 spiro atoms. The summed E-state index contributed by atoms with van der Waals surface area (Å²) in [5.41, 5.74) is 0.349. The summed E-state index contributed by atoms with van der Waals surface area (Å²) in [4.78, 5) is 25.9. The molecule has 1 aliphatic heterocycles. The van der Waals surface area contributed by atoms with Gasteiger partial charge in [0.15, 0.2) is 0 Å². The third-order valence-corrected chi connectivity index (χ3v) is 3.87. The number of carbonyl (C=O) groups excluding carboxylic acids is 2. The maximum absolute atomic E-state index is 13.1. The summed E-state index contributed by atoms with van der Waals surface area (Å²) in [6.45, 7) is 1.46. The SMILES string of the molecule is CNC(=O)C1CNCCN1C(=O)c1ccc(F)cc1Br. The van der Waals surface area contributed by atoms with Crippen molar-refractivity contribution in [1.82, 2.24) is 15.5 Å². The minimum atomic E-state index is -0.557. The fourth-order valence-corrected chi connectivity index (χ4v) is 2.69. The van der Waals surface area contributed by atoms with Gasteiger partial charge in [0, 0.05) is 31.2 Å². The fraction of sp³-hybridized carbons (Fsp3) is 0.385. The predicted octanol–water partition coefficient (Wildman–Crippen LogP) is 0.748. The number of hydrogen-bond acceptors (Lipinski definition) is 3. The zero-order valence-corrected chi connectivity index (χ0v) is 12.5. The van der Waals surface area contributed by atoms with E-state index in [0.29, 0.717) is 29.7 Å². The minimum absolute atomic E-state index is 0.219. The quantitative estimate of drug-likeness (QED) is 0.832. The van der Waals surface area contributed by atoms with Crippen molar-refractivity contribution in [1.29, 1.82) is 0 Å². The van der Waals surface area contributed by atoms with Crippen LogP contribution in [0.15, 0.2) is 22.7 Å². The summed E-state index contributed by atoms with van der Waals surface area (Å²) in [5, 5.41) is 5.63. The van der Waals surface area contributed by atoms with Gasteiger partial charge in [-0.2, -0.15) is 0 Å². The first-order chi connectivity index (χ1) is 9.54. The van der Waals surface area contributed by atoms with Crippen LogP contribution in [0.5, 0.6) is 0 Å². The van der Waals surface area contributed by atoms with E-state index in [9.17, 15) is 14.0 Å². The highest BCUT2D eigenvalue weighted by Gasteiger charge is 2.32. The van der Waals surface area contributed by atoms with E-state index in [1.165, 1.54) is 30.1 Å². The van der Waals surface area contributed by atoms with Gasteiger partial charge in [0.05, 0.1) is 5.56 Å². The lowest BCUT2D eigenvalue weighted by Gasteiger charge is -2.35. The second-order valence-electron chi connectivity index (χ2n) is 4.46. The number of piperazine rings is 1. The van der Waals surface area contributed by atoms with Crippen molar-refractivity contribution in [2.45, 2.75) is 6.04 Å². The van der Waals surface area contributed by atoms with E-state index in [1.807, 2.05) is 0 Å². The van der Waals surface area contributed by atoms with Gasteiger partial charge in [-0.15, -0.1) is 0 Å². The number of carbonyl (C=O) groups is 2. The highest BCUT2D eigenvalue weighted by molar-refractivity contribution is 9.10. The van der Waals surface area contributed by atoms with Crippen molar-refractivity contribution in [2.24, 2.45) is 0 Å². The zero-order valence-electron chi connectivity index (χ0n) is 11.0. The summed E-state index contributed by atoms with van der Waals surface area (Å²) >= 11 is 3.18. The van der Waals surface area contributed by atoms with Crippen molar-refractivity contribution in [2.75, 3.05) is 26.7 Å². The molecule has 0 radical (unpaired) electrons. The van der Waals surface area contributed by atoms with Crippen molar-refractivity contribution < 1.29 is 14.0 Å². The maximum atomic E-state index is 13.1. The minimum Gasteiger partial charge on any atom is -0.357 e. The van der Waals surface area contributed by atoms with Gasteiger partial charge < -0.3 is 15.5 Å². The van der Waals surface area contributed by atoms with Gasteiger partial charge in [-0.05, 0) is 34.1 Å². The second-order valence-corrected chi connectivity index (χ2v) is 5.31. The van der Waals surface area contributed by atoms with E-state index >= 15 is 0 Å². The third kappa shape index (κ3) is 2.99. The Balaban J connectivity index is 2.27. The third-order valence-electron chi connectivity index (χ3n) is 3.21. The first-order valence-electron chi connectivity index (χ1n) is 6.23. The van der Waals surface area contributed by atoms with Crippen molar-refractivity contribution in [3.63, 3.8) is 0 Å². The van der Waals surface area contributed by atoms with E-state index in [-0.39, 0.29) is 11.8 Å². The first-order valence-corrected chi connectivity index (χ1v) is 7.02. The van der Waals surface area contributed by atoms with Gasteiger partial charge in [-0.1, -0.05) is 0 Å². The van der Waals surface area contributed by atoms with E-state index < -0.39 is 11.9 Å². The molecule has 1 aromatic rings. The Bertz CT molecular complexity index is 538. The number of rotatable bonds is 2. The largest absolute Gasteiger partial charge is 0.357 e. The molecule has 0 saturated carbocycles. The van der Waals surface area contributed by atoms with Crippen LogP contribution in [0.25, 0.3) is 0 Å². The van der Waals surface area contributed by atoms with Gasteiger partial charge in [0.2, 0.25) is 5.91 Å². The van der Waals surface area contributed by atoms with E-state index in [2.05, 4.69) is 26.6 Å². The summed E-state index contributed by atoms with van der Waals surface area (Å²) < 4.78 is 13.5. The highest BCUT2D eigenvalue weighted by atomic mass is 79.9. The molecule has 7 heteroatoms. The van der Waals surface area contributed by atoms with E-state index in [1.54, 1.807) is 0 Å². The number of nitrogens with zero attached hydrogens (tertiary/aromatic N) is 1. The van der Waals surface area contributed by atoms with Crippen LogP contribution in [0.1, 0.15) is 10.4 Å². The molecule has 20 heavy (non-hydrogen) atoms. The normalized spacial score (nSPS) is 18.8. The Labute approximate surface area is 124 Å². The lowest BCUT2D eigenvalue weighted by Crippen LogP contribution is -2.59. The molecule has 1 unspecified atom stereocenters. The van der Waals surface area contributed by atoms with Crippen LogP contribution >= 0.6 is 15.9 Å². The monoisotopic (exact) mass is 343 g/mol. The molecule has 0 aromatic heterocycles. The number of likely N-dealkylation sites (N-methyl/N-ethyl adjacent to an activating group) is 1. The van der Waals surface area contributed by atoms with Crippen molar-refractivity contribution >= 4 is 27.7 Å². The smallest absolute Gasteiger partial charge is 0.255 e. The highest BCUT2D eigenvalue weighted by Crippen LogP contribution is 2.21. The van der Waals surface area contributed by atoms with Gasteiger partial charge in [-0.25, -0.2) is 4.39 Å².